The highest BCUT2D eigenvalue weighted by molar-refractivity contribution is 7.09. The summed E-state index contributed by atoms with van der Waals surface area (Å²) in [5.41, 5.74) is 0. The van der Waals surface area contributed by atoms with Crippen LogP contribution in [0.1, 0.15) is 51.6 Å². The molecule has 0 saturated carbocycles. The van der Waals surface area contributed by atoms with Crippen LogP contribution in [0.25, 0.3) is 0 Å². The predicted octanol–water partition coefficient (Wildman–Crippen LogP) is 2.49. The highest BCUT2D eigenvalue weighted by Crippen LogP contribution is 2.19. The van der Waals surface area contributed by atoms with Crippen molar-refractivity contribution in [3.05, 3.63) is 16.6 Å². The molecule has 0 aliphatic heterocycles. The van der Waals surface area contributed by atoms with E-state index in [1.54, 1.807) is 17.5 Å². The Morgan fingerprint density at radius 1 is 1.39 bits per heavy atom. The highest BCUT2D eigenvalue weighted by atomic mass is 32.1. The first kappa shape index (κ1) is 15.1. The minimum atomic E-state index is -0.201. The molecule has 0 radical (unpaired) electrons. The Bertz CT molecular complexity index is 353. The smallest absolute Gasteiger partial charge is 0.237 e. The van der Waals surface area contributed by atoms with Gasteiger partial charge >= 0.3 is 0 Å². The Balaban J connectivity index is 2.52. The van der Waals surface area contributed by atoms with Crippen molar-refractivity contribution in [2.75, 3.05) is 0 Å². The van der Waals surface area contributed by atoms with Crippen LogP contribution in [0.5, 0.6) is 0 Å². The molecule has 0 spiro atoms. The van der Waals surface area contributed by atoms with Gasteiger partial charge in [-0.25, -0.2) is 4.98 Å². The number of carbonyl (C=O) groups is 1. The van der Waals surface area contributed by atoms with Gasteiger partial charge in [-0.2, -0.15) is 0 Å². The number of amides is 1. The third kappa shape index (κ3) is 4.38. The van der Waals surface area contributed by atoms with Crippen LogP contribution in [-0.4, -0.2) is 23.0 Å². The van der Waals surface area contributed by atoms with Gasteiger partial charge in [0.25, 0.3) is 0 Å². The zero-order chi connectivity index (χ0) is 13.5. The van der Waals surface area contributed by atoms with Crippen LogP contribution >= 0.6 is 11.3 Å². The van der Waals surface area contributed by atoms with Crippen LogP contribution in [0, 0.1) is 0 Å². The van der Waals surface area contributed by atoms with Gasteiger partial charge in [0.15, 0.2) is 0 Å². The van der Waals surface area contributed by atoms with Gasteiger partial charge in [0, 0.05) is 17.6 Å². The molecule has 5 heteroatoms. The Morgan fingerprint density at radius 3 is 2.61 bits per heavy atom. The predicted molar refractivity (Wildman–Crippen MR) is 75.6 cm³/mol. The lowest BCUT2D eigenvalue weighted by Crippen LogP contribution is -2.46. The highest BCUT2D eigenvalue weighted by Gasteiger charge is 2.20. The molecule has 0 fully saturated rings. The van der Waals surface area contributed by atoms with E-state index in [4.69, 9.17) is 0 Å². The standard InChI is InChI=1S/C13H23N3OS/c1-5-9(3)15-12(17)10(4)16-11(6-2)13-14-7-8-18-13/h7-11,16H,5-6H2,1-4H3,(H,15,17). The fourth-order valence-corrected chi connectivity index (χ4v) is 2.40. The van der Waals surface area contributed by atoms with Gasteiger partial charge in [-0.05, 0) is 26.7 Å². The minimum Gasteiger partial charge on any atom is -0.352 e. The number of aromatic nitrogens is 1. The van der Waals surface area contributed by atoms with E-state index in [-0.39, 0.29) is 24.0 Å². The molecular formula is C13H23N3OS. The molecule has 0 bridgehead atoms. The average Bonchev–Trinajstić information content (AvgIpc) is 2.88. The summed E-state index contributed by atoms with van der Waals surface area (Å²) in [5.74, 6) is 0.0550. The van der Waals surface area contributed by atoms with Gasteiger partial charge < -0.3 is 5.32 Å². The van der Waals surface area contributed by atoms with Crippen molar-refractivity contribution in [1.82, 2.24) is 15.6 Å². The topological polar surface area (TPSA) is 54.0 Å². The number of thiazole rings is 1. The Kier molecular flexibility index (Phi) is 6.29. The number of rotatable bonds is 7. The van der Waals surface area contributed by atoms with Gasteiger partial charge in [0.1, 0.15) is 5.01 Å². The molecule has 0 saturated heterocycles. The molecule has 1 heterocycles. The summed E-state index contributed by atoms with van der Waals surface area (Å²) in [6, 6.07) is 0.178. The molecule has 1 aromatic rings. The lowest BCUT2D eigenvalue weighted by molar-refractivity contribution is -0.123. The number of nitrogens with one attached hydrogen (secondary N) is 2. The SMILES string of the molecule is CCC(C)NC(=O)C(C)NC(CC)c1nccs1. The second-order valence-corrected chi connectivity index (χ2v) is 5.46. The summed E-state index contributed by atoms with van der Waals surface area (Å²) >= 11 is 1.62. The van der Waals surface area contributed by atoms with Crippen LogP contribution in [0.15, 0.2) is 11.6 Å². The van der Waals surface area contributed by atoms with Gasteiger partial charge in [0.05, 0.1) is 12.1 Å². The second-order valence-electron chi connectivity index (χ2n) is 4.54. The summed E-state index contributed by atoms with van der Waals surface area (Å²) in [4.78, 5) is 16.2. The van der Waals surface area contributed by atoms with Crippen LogP contribution < -0.4 is 10.6 Å². The maximum absolute atomic E-state index is 11.9. The molecule has 3 unspecified atom stereocenters. The van der Waals surface area contributed by atoms with E-state index in [1.807, 2.05) is 19.2 Å². The molecule has 1 rings (SSSR count). The van der Waals surface area contributed by atoms with Gasteiger partial charge in [-0.15, -0.1) is 11.3 Å². The molecule has 0 aliphatic carbocycles. The minimum absolute atomic E-state index is 0.0550. The van der Waals surface area contributed by atoms with Gasteiger partial charge in [-0.1, -0.05) is 13.8 Å². The van der Waals surface area contributed by atoms with Crippen molar-refractivity contribution in [3.63, 3.8) is 0 Å². The molecule has 4 nitrogen and oxygen atoms in total. The van der Waals surface area contributed by atoms with Gasteiger partial charge in [-0.3, -0.25) is 10.1 Å². The van der Waals surface area contributed by atoms with Crippen LogP contribution in [0.4, 0.5) is 0 Å². The summed E-state index contributed by atoms with van der Waals surface area (Å²) in [7, 11) is 0. The molecule has 0 aliphatic rings. The second kappa shape index (κ2) is 7.48. The lowest BCUT2D eigenvalue weighted by atomic mass is 10.2. The normalized spacial score (nSPS) is 16.0. The largest absolute Gasteiger partial charge is 0.352 e. The zero-order valence-corrected chi connectivity index (χ0v) is 12.4. The fraction of sp³-hybridized carbons (Fsp3) is 0.692. The van der Waals surface area contributed by atoms with E-state index in [0.717, 1.165) is 17.8 Å². The summed E-state index contributed by atoms with van der Waals surface area (Å²) in [6.07, 6.45) is 3.67. The summed E-state index contributed by atoms with van der Waals surface area (Å²) in [6.45, 7) is 8.07. The van der Waals surface area contributed by atoms with Crippen molar-refractivity contribution in [3.8, 4) is 0 Å². The quantitative estimate of drug-likeness (QED) is 0.799. The monoisotopic (exact) mass is 269 g/mol. The molecular weight excluding hydrogens is 246 g/mol. The van der Waals surface area contributed by atoms with E-state index >= 15 is 0 Å². The summed E-state index contributed by atoms with van der Waals surface area (Å²) < 4.78 is 0. The van der Waals surface area contributed by atoms with Crippen molar-refractivity contribution in [2.45, 2.75) is 58.7 Å². The van der Waals surface area contributed by atoms with Gasteiger partial charge in [0.2, 0.25) is 5.91 Å². The van der Waals surface area contributed by atoms with Crippen LogP contribution in [0.3, 0.4) is 0 Å². The van der Waals surface area contributed by atoms with Crippen molar-refractivity contribution < 1.29 is 4.79 Å². The molecule has 2 N–H and O–H groups in total. The molecule has 3 atom stereocenters. The summed E-state index contributed by atoms with van der Waals surface area (Å²) in [5, 5.41) is 9.32. The number of carbonyl (C=O) groups excluding carboxylic acids is 1. The van der Waals surface area contributed by atoms with Crippen molar-refractivity contribution in [2.24, 2.45) is 0 Å². The third-order valence-corrected chi connectivity index (χ3v) is 3.89. The molecule has 18 heavy (non-hydrogen) atoms. The van der Waals surface area contributed by atoms with E-state index in [2.05, 4.69) is 29.5 Å². The van der Waals surface area contributed by atoms with E-state index in [0.29, 0.717) is 0 Å². The van der Waals surface area contributed by atoms with E-state index < -0.39 is 0 Å². The Morgan fingerprint density at radius 2 is 2.11 bits per heavy atom. The molecule has 1 amide bonds. The number of nitrogens with zero attached hydrogens (tertiary/aromatic N) is 1. The Labute approximate surface area is 113 Å². The van der Waals surface area contributed by atoms with Crippen molar-refractivity contribution in [1.29, 1.82) is 0 Å². The maximum Gasteiger partial charge on any atom is 0.237 e. The van der Waals surface area contributed by atoms with Crippen LogP contribution in [0.2, 0.25) is 0 Å². The number of hydrogen-bond donors (Lipinski definition) is 2. The first-order chi connectivity index (χ1) is 8.58. The van der Waals surface area contributed by atoms with E-state index in [1.165, 1.54) is 0 Å². The average molecular weight is 269 g/mol. The zero-order valence-electron chi connectivity index (χ0n) is 11.6. The lowest BCUT2D eigenvalue weighted by Gasteiger charge is -2.21. The first-order valence-electron chi connectivity index (χ1n) is 6.54. The molecule has 0 aromatic carbocycles. The maximum atomic E-state index is 11.9. The van der Waals surface area contributed by atoms with Crippen LogP contribution in [-0.2, 0) is 4.79 Å². The third-order valence-electron chi connectivity index (χ3n) is 3.00. The van der Waals surface area contributed by atoms with E-state index in [9.17, 15) is 4.79 Å². The molecule has 102 valence electrons. The Hall–Kier alpha value is -0.940. The van der Waals surface area contributed by atoms with Crippen molar-refractivity contribution >= 4 is 17.2 Å². The number of hydrogen-bond acceptors (Lipinski definition) is 4. The first-order valence-corrected chi connectivity index (χ1v) is 7.42. The fourth-order valence-electron chi connectivity index (χ4n) is 1.62. The molecule has 1 aromatic heterocycles.